The number of esters is 3. The average Bonchev–Trinajstić information content (AvgIpc) is 3.62. The van der Waals surface area contributed by atoms with Gasteiger partial charge in [0.25, 0.3) is 0 Å². The number of ether oxygens (including phenoxy) is 6. The van der Waals surface area contributed by atoms with Crippen LogP contribution in [-0.4, -0.2) is 90.4 Å². The highest BCUT2D eigenvalue weighted by atomic mass is 16.6. The molecule has 0 radical (unpaired) electrons. The third-order valence-corrected chi connectivity index (χ3v) is 10.2. The maximum absolute atomic E-state index is 12.8. The minimum absolute atomic E-state index is 0.0421. The van der Waals surface area contributed by atoms with Crippen LogP contribution in [0.25, 0.3) is 0 Å². The molecule has 0 amide bonds. The molecular formula is C45H83N3O9. The molecule has 0 aromatic carbocycles. The summed E-state index contributed by atoms with van der Waals surface area (Å²) in [6.45, 7) is 14.3. The zero-order chi connectivity index (χ0) is 42.0. The zero-order valence-electron chi connectivity index (χ0n) is 37.4. The summed E-state index contributed by atoms with van der Waals surface area (Å²) >= 11 is 0. The van der Waals surface area contributed by atoms with Crippen LogP contribution in [-0.2, 0) is 55.8 Å². The van der Waals surface area contributed by atoms with Crippen LogP contribution < -0.4 is 0 Å². The lowest BCUT2D eigenvalue weighted by Gasteiger charge is -2.29. The number of methoxy groups -OCH3 is 1. The normalized spacial score (nSPS) is 12.5. The minimum atomic E-state index is -0.694. The van der Waals surface area contributed by atoms with Crippen molar-refractivity contribution in [1.82, 2.24) is 15.0 Å². The van der Waals surface area contributed by atoms with E-state index in [2.05, 4.69) is 24.2 Å². The third-order valence-electron chi connectivity index (χ3n) is 10.2. The summed E-state index contributed by atoms with van der Waals surface area (Å²) in [6.07, 6.45) is 24.7. The molecule has 0 N–H and O–H groups in total. The highest BCUT2D eigenvalue weighted by molar-refractivity contribution is 5.70. The Bertz CT molecular complexity index is 1160. The van der Waals surface area contributed by atoms with Gasteiger partial charge in [0.2, 0.25) is 0 Å². The molecule has 1 rings (SSSR count). The highest BCUT2D eigenvalue weighted by Gasteiger charge is 2.23. The summed E-state index contributed by atoms with van der Waals surface area (Å²) in [6, 6.07) is 0. The molecule has 12 heteroatoms. The molecule has 1 aromatic rings. The van der Waals surface area contributed by atoms with E-state index in [0.717, 1.165) is 44.9 Å². The Morgan fingerprint density at radius 2 is 1.11 bits per heavy atom. The molecule has 332 valence electrons. The molecule has 57 heavy (non-hydrogen) atoms. The maximum atomic E-state index is 12.8. The standard InChI is InChI=1S/C45H83N3O9/c1-8-10-12-14-16-18-20-22-24-26-41(49)54-38-40(57-43(51)27-25-23-21-19-17-15-13-11-9-2)37-48-36-39(46-47-48)28-29-42(50)53-34-35-56-45(5,6)31-33-55-44(3,4)30-32-52-7/h36,40H,8-35,37-38H2,1-7H3. The summed E-state index contributed by atoms with van der Waals surface area (Å²) in [4.78, 5) is 37.9. The van der Waals surface area contributed by atoms with Crippen molar-refractivity contribution in [2.24, 2.45) is 0 Å². The smallest absolute Gasteiger partial charge is 0.306 e. The topological polar surface area (TPSA) is 137 Å². The number of aromatic nitrogens is 3. The number of hydrogen-bond donors (Lipinski definition) is 0. The monoisotopic (exact) mass is 810 g/mol. The van der Waals surface area contributed by atoms with Gasteiger partial charge in [0.15, 0.2) is 6.10 Å². The molecule has 1 unspecified atom stereocenters. The van der Waals surface area contributed by atoms with Gasteiger partial charge in [-0.25, -0.2) is 4.68 Å². The Morgan fingerprint density at radius 3 is 1.67 bits per heavy atom. The van der Waals surface area contributed by atoms with Crippen LogP contribution in [0.1, 0.15) is 195 Å². The number of carbonyl (C=O) groups excluding carboxylic acids is 3. The summed E-state index contributed by atoms with van der Waals surface area (Å²) < 4.78 is 35.5. The van der Waals surface area contributed by atoms with E-state index < -0.39 is 11.7 Å². The Balaban J connectivity index is 2.51. The lowest BCUT2D eigenvalue weighted by Crippen LogP contribution is -2.32. The first-order valence-electron chi connectivity index (χ1n) is 22.6. The van der Waals surface area contributed by atoms with E-state index in [1.807, 2.05) is 27.7 Å². The second-order valence-electron chi connectivity index (χ2n) is 16.8. The first kappa shape index (κ1) is 52.4. The molecule has 0 aliphatic rings. The lowest BCUT2D eigenvalue weighted by atomic mass is 10.0. The molecule has 1 atom stereocenters. The Morgan fingerprint density at radius 1 is 0.614 bits per heavy atom. The Hall–Kier alpha value is -2.57. The SMILES string of the molecule is CCCCCCCCCCCC(=O)OCC(Cn1cc(CCC(=O)OCCOC(C)(C)CCOC(C)(C)CCOC)nn1)OC(=O)CCCCCCCCCCC. The van der Waals surface area contributed by atoms with Crippen molar-refractivity contribution < 1.29 is 42.8 Å². The average molecular weight is 810 g/mol. The van der Waals surface area contributed by atoms with Crippen LogP contribution in [0.4, 0.5) is 0 Å². The summed E-state index contributed by atoms with van der Waals surface area (Å²) in [7, 11) is 1.68. The number of carbonyl (C=O) groups is 3. The van der Waals surface area contributed by atoms with E-state index in [0.29, 0.717) is 44.6 Å². The largest absolute Gasteiger partial charge is 0.463 e. The molecule has 1 aromatic heterocycles. The van der Waals surface area contributed by atoms with E-state index in [1.165, 1.54) is 77.0 Å². The predicted octanol–water partition coefficient (Wildman–Crippen LogP) is 10.1. The van der Waals surface area contributed by atoms with Crippen molar-refractivity contribution in [3.63, 3.8) is 0 Å². The van der Waals surface area contributed by atoms with Crippen LogP contribution in [0, 0.1) is 0 Å². The fourth-order valence-corrected chi connectivity index (χ4v) is 6.38. The molecule has 0 bridgehead atoms. The van der Waals surface area contributed by atoms with E-state index in [9.17, 15) is 14.4 Å². The quantitative estimate of drug-likeness (QED) is 0.0357. The van der Waals surface area contributed by atoms with Crippen LogP contribution >= 0.6 is 0 Å². The van der Waals surface area contributed by atoms with Crippen molar-refractivity contribution >= 4 is 17.9 Å². The number of aryl methyl sites for hydroxylation is 1. The van der Waals surface area contributed by atoms with Crippen molar-refractivity contribution in [1.29, 1.82) is 0 Å². The number of unbranched alkanes of at least 4 members (excludes halogenated alkanes) is 16. The van der Waals surface area contributed by atoms with Crippen LogP contribution in [0.2, 0.25) is 0 Å². The van der Waals surface area contributed by atoms with Gasteiger partial charge in [-0.1, -0.05) is 122 Å². The predicted molar refractivity (Wildman–Crippen MR) is 225 cm³/mol. The first-order valence-corrected chi connectivity index (χ1v) is 22.6. The lowest BCUT2D eigenvalue weighted by molar-refractivity contribution is -0.160. The fourth-order valence-electron chi connectivity index (χ4n) is 6.38. The maximum Gasteiger partial charge on any atom is 0.306 e. The van der Waals surface area contributed by atoms with Crippen molar-refractivity contribution in [3.8, 4) is 0 Å². The molecule has 1 heterocycles. The van der Waals surface area contributed by atoms with E-state index in [-0.39, 0.29) is 56.3 Å². The summed E-state index contributed by atoms with van der Waals surface area (Å²) in [5.41, 5.74) is -0.0820. The molecule has 0 aliphatic carbocycles. The van der Waals surface area contributed by atoms with Crippen LogP contribution in [0.3, 0.4) is 0 Å². The van der Waals surface area contributed by atoms with Gasteiger partial charge in [-0.15, -0.1) is 5.10 Å². The van der Waals surface area contributed by atoms with Crippen molar-refractivity contribution in [2.45, 2.75) is 219 Å². The van der Waals surface area contributed by atoms with Gasteiger partial charge in [-0.2, -0.15) is 0 Å². The second-order valence-corrected chi connectivity index (χ2v) is 16.8. The van der Waals surface area contributed by atoms with Gasteiger partial charge >= 0.3 is 17.9 Å². The molecular weight excluding hydrogens is 727 g/mol. The van der Waals surface area contributed by atoms with Gasteiger partial charge in [0.1, 0.15) is 13.2 Å². The van der Waals surface area contributed by atoms with Crippen LogP contribution in [0.5, 0.6) is 0 Å². The van der Waals surface area contributed by atoms with Gasteiger partial charge in [-0.3, -0.25) is 14.4 Å². The van der Waals surface area contributed by atoms with Gasteiger partial charge < -0.3 is 28.4 Å². The molecule has 0 saturated heterocycles. The number of rotatable bonds is 39. The zero-order valence-corrected chi connectivity index (χ0v) is 37.4. The molecule has 12 nitrogen and oxygen atoms in total. The van der Waals surface area contributed by atoms with E-state index >= 15 is 0 Å². The van der Waals surface area contributed by atoms with Crippen molar-refractivity contribution in [3.05, 3.63) is 11.9 Å². The Labute approximate surface area is 346 Å². The molecule has 0 aliphatic heterocycles. The van der Waals surface area contributed by atoms with Gasteiger partial charge in [-0.05, 0) is 53.4 Å². The number of hydrogen-bond acceptors (Lipinski definition) is 11. The highest BCUT2D eigenvalue weighted by Crippen LogP contribution is 2.20. The summed E-state index contributed by atoms with van der Waals surface area (Å²) in [5.74, 6) is -0.934. The molecule has 0 saturated carbocycles. The van der Waals surface area contributed by atoms with E-state index in [1.54, 1.807) is 18.0 Å². The first-order chi connectivity index (χ1) is 27.4. The Kier molecular flexibility index (Phi) is 30.6. The molecule has 0 spiro atoms. The molecule has 0 fully saturated rings. The van der Waals surface area contributed by atoms with Gasteiger partial charge in [0.05, 0.1) is 43.1 Å². The van der Waals surface area contributed by atoms with Gasteiger partial charge in [0, 0.05) is 39.2 Å². The fraction of sp³-hybridized carbons (Fsp3) is 0.889. The van der Waals surface area contributed by atoms with Crippen molar-refractivity contribution in [2.75, 3.05) is 40.1 Å². The third kappa shape index (κ3) is 31.1. The summed E-state index contributed by atoms with van der Waals surface area (Å²) in [5, 5.41) is 8.40. The van der Waals surface area contributed by atoms with Crippen LogP contribution in [0.15, 0.2) is 6.20 Å². The minimum Gasteiger partial charge on any atom is -0.463 e. The number of nitrogens with zero attached hydrogens (tertiary/aromatic N) is 3. The second kappa shape index (κ2) is 33.3. The van der Waals surface area contributed by atoms with E-state index in [4.69, 9.17) is 28.4 Å².